The molecule has 0 aliphatic carbocycles. The molecule has 0 aromatic heterocycles. The lowest BCUT2D eigenvalue weighted by molar-refractivity contribution is 0.418. The Morgan fingerprint density at radius 2 is 1.67 bits per heavy atom. The van der Waals surface area contributed by atoms with E-state index in [-0.39, 0.29) is 16.2 Å². The minimum absolute atomic E-state index is 0.0455. The smallest absolute Gasteiger partial charge is 0.492 e. The number of hydrogen-bond donors (Lipinski definition) is 4. The van der Waals surface area contributed by atoms with Crippen molar-refractivity contribution >= 4 is 24.2 Å². The lowest BCUT2D eigenvalue weighted by Gasteiger charge is -2.04. The molecule has 0 heterocycles. The van der Waals surface area contributed by atoms with Gasteiger partial charge in [-0.2, -0.15) is 0 Å². The molecule has 0 unspecified atom stereocenters. The third-order valence-electron chi connectivity index (χ3n) is 1.37. The molecular formula is C6H6BClO4. The van der Waals surface area contributed by atoms with E-state index >= 15 is 0 Å². The second-order valence-electron chi connectivity index (χ2n) is 2.24. The van der Waals surface area contributed by atoms with E-state index < -0.39 is 12.9 Å². The maximum atomic E-state index is 9.05. The van der Waals surface area contributed by atoms with Crippen LogP contribution in [0.5, 0.6) is 11.5 Å². The zero-order valence-corrected chi connectivity index (χ0v) is 6.65. The molecule has 1 rings (SSSR count). The summed E-state index contributed by atoms with van der Waals surface area (Å²) in [6, 6.07) is 2.02. The average Bonchev–Trinajstić information content (AvgIpc) is 1.96. The molecule has 0 amide bonds. The molecule has 6 heteroatoms. The standard InChI is InChI=1S/C6H6BClO4/c8-4-1-3(7(11)12)5(9)2-6(4)10/h1-2,9-12H. The van der Waals surface area contributed by atoms with E-state index in [2.05, 4.69) is 0 Å². The summed E-state index contributed by atoms with van der Waals surface area (Å²) in [4.78, 5) is 0. The van der Waals surface area contributed by atoms with E-state index in [1.807, 2.05) is 0 Å². The number of hydrogen-bond acceptors (Lipinski definition) is 4. The summed E-state index contributed by atoms with van der Waals surface area (Å²) < 4.78 is 0. The summed E-state index contributed by atoms with van der Waals surface area (Å²) in [5.74, 6) is -0.717. The predicted molar refractivity (Wildman–Crippen MR) is 44.6 cm³/mol. The first kappa shape index (κ1) is 9.19. The Bertz CT molecular complexity index is 302. The minimum Gasteiger partial charge on any atom is -0.508 e. The first-order valence-corrected chi connectivity index (χ1v) is 3.47. The van der Waals surface area contributed by atoms with E-state index in [9.17, 15) is 0 Å². The molecule has 0 radical (unpaired) electrons. The van der Waals surface area contributed by atoms with Crippen LogP contribution in [0.3, 0.4) is 0 Å². The van der Waals surface area contributed by atoms with E-state index in [4.69, 9.17) is 31.9 Å². The van der Waals surface area contributed by atoms with Crippen LogP contribution in [0, 0.1) is 0 Å². The van der Waals surface area contributed by atoms with Gasteiger partial charge in [0.25, 0.3) is 0 Å². The lowest BCUT2D eigenvalue weighted by Crippen LogP contribution is -2.29. The van der Waals surface area contributed by atoms with Crippen LogP contribution < -0.4 is 5.46 Å². The number of halogens is 1. The van der Waals surface area contributed by atoms with Gasteiger partial charge in [-0.1, -0.05) is 11.6 Å². The van der Waals surface area contributed by atoms with Crippen LogP contribution in [0.15, 0.2) is 12.1 Å². The Morgan fingerprint density at radius 3 is 2.17 bits per heavy atom. The molecule has 0 saturated carbocycles. The topological polar surface area (TPSA) is 80.9 Å². The summed E-state index contributed by atoms with van der Waals surface area (Å²) >= 11 is 5.45. The molecule has 0 bridgehead atoms. The van der Waals surface area contributed by atoms with Gasteiger partial charge in [-0.05, 0) is 6.07 Å². The first-order valence-electron chi connectivity index (χ1n) is 3.10. The molecule has 1 aromatic carbocycles. The fourth-order valence-electron chi connectivity index (χ4n) is 0.773. The van der Waals surface area contributed by atoms with Crippen LogP contribution in [0.2, 0.25) is 5.02 Å². The molecule has 4 nitrogen and oxygen atoms in total. The number of rotatable bonds is 1. The van der Waals surface area contributed by atoms with Gasteiger partial charge >= 0.3 is 7.12 Å². The summed E-state index contributed by atoms with van der Waals surface area (Å²) in [7, 11) is -1.80. The molecule has 1 aromatic rings. The van der Waals surface area contributed by atoms with Gasteiger partial charge in [0.1, 0.15) is 11.5 Å². The van der Waals surface area contributed by atoms with Crippen LogP contribution in [-0.4, -0.2) is 27.4 Å². The van der Waals surface area contributed by atoms with Crippen molar-refractivity contribution < 1.29 is 20.3 Å². The monoisotopic (exact) mass is 188 g/mol. The highest BCUT2D eigenvalue weighted by molar-refractivity contribution is 6.60. The van der Waals surface area contributed by atoms with Gasteiger partial charge in [0, 0.05) is 11.5 Å². The molecule has 4 N–H and O–H groups in total. The fourth-order valence-corrected chi connectivity index (χ4v) is 0.945. The first-order chi connectivity index (χ1) is 5.52. The zero-order chi connectivity index (χ0) is 9.30. The highest BCUT2D eigenvalue weighted by atomic mass is 35.5. The highest BCUT2D eigenvalue weighted by Gasteiger charge is 2.17. The third kappa shape index (κ3) is 1.63. The molecule has 0 aliphatic rings. The zero-order valence-electron chi connectivity index (χ0n) is 5.90. The quantitative estimate of drug-likeness (QED) is 0.445. The van der Waals surface area contributed by atoms with E-state index in [0.717, 1.165) is 12.1 Å². The number of phenolic OH excluding ortho intramolecular Hbond substituents is 2. The van der Waals surface area contributed by atoms with Crippen molar-refractivity contribution in [1.82, 2.24) is 0 Å². The van der Waals surface area contributed by atoms with Gasteiger partial charge in [0.15, 0.2) is 0 Å². The molecule has 0 saturated heterocycles. The van der Waals surface area contributed by atoms with Crippen molar-refractivity contribution in [2.24, 2.45) is 0 Å². The van der Waals surface area contributed by atoms with Crippen LogP contribution in [0.4, 0.5) is 0 Å². The van der Waals surface area contributed by atoms with E-state index in [0.29, 0.717) is 0 Å². The van der Waals surface area contributed by atoms with Gasteiger partial charge in [0.2, 0.25) is 0 Å². The van der Waals surface area contributed by atoms with E-state index in [1.54, 1.807) is 0 Å². The summed E-state index contributed by atoms with van der Waals surface area (Å²) in [5.41, 5.74) is -0.141. The van der Waals surface area contributed by atoms with Crippen LogP contribution >= 0.6 is 11.6 Å². The van der Waals surface area contributed by atoms with Gasteiger partial charge < -0.3 is 20.3 Å². The van der Waals surface area contributed by atoms with Crippen molar-refractivity contribution in [3.63, 3.8) is 0 Å². The van der Waals surface area contributed by atoms with Gasteiger partial charge in [0.05, 0.1) is 5.02 Å². The lowest BCUT2D eigenvalue weighted by atomic mass is 9.79. The SMILES string of the molecule is OB(O)c1cc(Cl)c(O)cc1O. The van der Waals surface area contributed by atoms with Gasteiger partial charge in [-0.3, -0.25) is 0 Å². The Morgan fingerprint density at radius 1 is 1.08 bits per heavy atom. The largest absolute Gasteiger partial charge is 0.508 e. The van der Waals surface area contributed by atoms with Crippen LogP contribution in [0.25, 0.3) is 0 Å². The Kier molecular flexibility index (Phi) is 2.47. The third-order valence-corrected chi connectivity index (χ3v) is 1.68. The minimum atomic E-state index is -1.80. The van der Waals surface area contributed by atoms with Gasteiger partial charge in [-0.15, -0.1) is 0 Å². The maximum Gasteiger partial charge on any atom is 0.492 e. The number of benzene rings is 1. The Balaban J connectivity index is 3.23. The van der Waals surface area contributed by atoms with Crippen LogP contribution in [0.1, 0.15) is 0 Å². The van der Waals surface area contributed by atoms with Crippen molar-refractivity contribution in [2.45, 2.75) is 0 Å². The van der Waals surface area contributed by atoms with Crippen molar-refractivity contribution in [3.05, 3.63) is 17.2 Å². The summed E-state index contributed by atoms with van der Waals surface area (Å²) in [6.45, 7) is 0. The summed E-state index contributed by atoms with van der Waals surface area (Å²) in [6.07, 6.45) is 0. The molecule has 12 heavy (non-hydrogen) atoms. The van der Waals surface area contributed by atoms with Crippen molar-refractivity contribution in [2.75, 3.05) is 0 Å². The second kappa shape index (κ2) is 3.22. The summed E-state index contributed by atoms with van der Waals surface area (Å²) in [5, 5.41) is 35.3. The average molecular weight is 188 g/mol. The number of aromatic hydroxyl groups is 2. The fraction of sp³-hybridized carbons (Fsp3) is 0. The Hall–Kier alpha value is -0.905. The highest BCUT2D eigenvalue weighted by Crippen LogP contribution is 2.25. The molecule has 0 aliphatic heterocycles. The molecule has 0 fully saturated rings. The van der Waals surface area contributed by atoms with Crippen LogP contribution in [-0.2, 0) is 0 Å². The predicted octanol–water partition coefficient (Wildman–Crippen LogP) is -0.569. The maximum absolute atomic E-state index is 9.05. The molecule has 64 valence electrons. The van der Waals surface area contributed by atoms with Gasteiger partial charge in [-0.25, -0.2) is 0 Å². The number of phenols is 2. The molecule has 0 atom stereocenters. The van der Waals surface area contributed by atoms with Crippen molar-refractivity contribution in [3.8, 4) is 11.5 Å². The Labute approximate surface area is 73.8 Å². The molecular weight excluding hydrogens is 182 g/mol. The molecule has 0 spiro atoms. The second-order valence-corrected chi connectivity index (χ2v) is 2.64. The normalized spacial score (nSPS) is 9.92. The van der Waals surface area contributed by atoms with Crippen molar-refractivity contribution in [1.29, 1.82) is 0 Å². The van der Waals surface area contributed by atoms with E-state index in [1.165, 1.54) is 0 Å².